The second-order valence-corrected chi connectivity index (χ2v) is 4.52. The highest BCUT2D eigenvalue weighted by molar-refractivity contribution is 7.89. The first-order valence-corrected chi connectivity index (χ1v) is 5.44. The minimum atomic E-state index is -4.77. The van der Waals surface area contributed by atoms with Crippen LogP contribution in [0.1, 0.15) is 0 Å². The fourth-order valence-corrected chi connectivity index (χ4v) is 1.37. The number of aliphatic hydroxyl groups is 1. The number of aliphatic hydroxyl groups excluding tert-OH is 1. The molecule has 10 heteroatoms. The summed E-state index contributed by atoms with van der Waals surface area (Å²) in [5, 5.41) is 12.8. The van der Waals surface area contributed by atoms with Crippen molar-refractivity contribution in [3.05, 3.63) is 12.5 Å². The number of hydrogen-bond donors (Lipinski definition) is 2. The van der Waals surface area contributed by atoms with Crippen LogP contribution in [0.5, 0.6) is 0 Å². The van der Waals surface area contributed by atoms with Gasteiger partial charge in [0.2, 0.25) is 0 Å². The molecule has 0 saturated carbocycles. The van der Waals surface area contributed by atoms with Crippen molar-refractivity contribution in [2.24, 2.45) is 5.14 Å². The molecule has 92 valence electrons. The van der Waals surface area contributed by atoms with Crippen LogP contribution in [0, 0.1) is 0 Å². The summed E-state index contributed by atoms with van der Waals surface area (Å²) in [6.07, 6.45) is -5.71. The molecular weight excluding hydrogens is 251 g/mol. The van der Waals surface area contributed by atoms with Crippen LogP contribution in [-0.4, -0.2) is 35.4 Å². The standard InChI is InChI=1S/C6H8F3N3O3S/c7-6(8,9)4(13)1-12-2-5(11-3-12)16(10,14)15/h2-4,13H,1H2,(H2,10,14,15). The largest absolute Gasteiger partial charge is 0.416 e. The molecule has 1 unspecified atom stereocenters. The molecule has 0 aliphatic carbocycles. The van der Waals surface area contributed by atoms with Gasteiger partial charge >= 0.3 is 6.18 Å². The molecule has 0 amide bonds. The molecular formula is C6H8F3N3O3S. The fourth-order valence-electron chi connectivity index (χ4n) is 0.890. The van der Waals surface area contributed by atoms with E-state index >= 15 is 0 Å². The monoisotopic (exact) mass is 259 g/mol. The first-order chi connectivity index (χ1) is 7.10. The summed E-state index contributed by atoms with van der Waals surface area (Å²) in [5.41, 5.74) is 0. The van der Waals surface area contributed by atoms with Gasteiger partial charge < -0.3 is 9.67 Å². The summed E-state index contributed by atoms with van der Waals surface area (Å²) in [7, 11) is -4.05. The van der Waals surface area contributed by atoms with Crippen molar-refractivity contribution in [2.45, 2.75) is 23.9 Å². The molecule has 0 spiro atoms. The molecule has 0 radical (unpaired) electrons. The Morgan fingerprint density at radius 2 is 2.12 bits per heavy atom. The molecule has 1 atom stereocenters. The van der Waals surface area contributed by atoms with Gasteiger partial charge in [0.25, 0.3) is 10.0 Å². The average Bonchev–Trinajstić information content (AvgIpc) is 2.49. The lowest BCUT2D eigenvalue weighted by atomic mass is 10.3. The highest BCUT2D eigenvalue weighted by atomic mass is 32.2. The van der Waals surface area contributed by atoms with Crippen LogP contribution in [0.3, 0.4) is 0 Å². The lowest BCUT2D eigenvalue weighted by molar-refractivity contribution is -0.207. The van der Waals surface area contributed by atoms with Gasteiger partial charge in [-0.3, -0.25) is 0 Å². The van der Waals surface area contributed by atoms with E-state index in [2.05, 4.69) is 4.98 Å². The van der Waals surface area contributed by atoms with Crippen LogP contribution >= 0.6 is 0 Å². The lowest BCUT2D eigenvalue weighted by Crippen LogP contribution is -2.32. The van der Waals surface area contributed by atoms with E-state index < -0.39 is 33.9 Å². The fraction of sp³-hybridized carbons (Fsp3) is 0.500. The summed E-state index contributed by atoms with van der Waals surface area (Å²) >= 11 is 0. The maximum Gasteiger partial charge on any atom is 0.416 e. The molecule has 1 heterocycles. The number of rotatable bonds is 3. The van der Waals surface area contributed by atoms with Gasteiger partial charge in [0.1, 0.15) is 0 Å². The number of imidazole rings is 1. The Bertz CT molecular complexity index is 467. The van der Waals surface area contributed by atoms with E-state index in [1.807, 2.05) is 0 Å². The summed E-state index contributed by atoms with van der Waals surface area (Å²) in [6, 6.07) is 0. The smallest absolute Gasteiger partial charge is 0.382 e. The molecule has 6 nitrogen and oxygen atoms in total. The van der Waals surface area contributed by atoms with Crippen molar-refractivity contribution in [3.63, 3.8) is 0 Å². The molecule has 3 N–H and O–H groups in total. The maximum atomic E-state index is 11.9. The van der Waals surface area contributed by atoms with Crippen LogP contribution < -0.4 is 5.14 Å². The molecule has 0 aliphatic heterocycles. The normalized spacial score (nSPS) is 15.1. The number of nitrogens with zero attached hydrogens (tertiary/aromatic N) is 2. The van der Waals surface area contributed by atoms with Crippen molar-refractivity contribution in [1.82, 2.24) is 9.55 Å². The number of halogens is 3. The number of hydrogen-bond acceptors (Lipinski definition) is 4. The Morgan fingerprint density at radius 3 is 2.50 bits per heavy atom. The van der Waals surface area contributed by atoms with Crippen LogP contribution in [0.2, 0.25) is 0 Å². The molecule has 0 bridgehead atoms. The summed E-state index contributed by atoms with van der Waals surface area (Å²) in [5.74, 6) is 0. The number of primary sulfonamides is 1. The summed E-state index contributed by atoms with van der Waals surface area (Å²) in [4.78, 5) is 3.29. The highest BCUT2D eigenvalue weighted by Gasteiger charge is 2.38. The minimum absolute atomic E-state index is 0.554. The minimum Gasteiger partial charge on any atom is -0.382 e. The Balaban J connectivity index is 2.82. The number of nitrogens with two attached hydrogens (primary N) is 1. The Hall–Kier alpha value is -1.13. The second kappa shape index (κ2) is 4.03. The first-order valence-electron chi connectivity index (χ1n) is 3.90. The van der Waals surface area contributed by atoms with Crippen molar-refractivity contribution in [2.75, 3.05) is 0 Å². The van der Waals surface area contributed by atoms with Gasteiger partial charge in [-0.15, -0.1) is 0 Å². The van der Waals surface area contributed by atoms with Gasteiger partial charge in [0.05, 0.1) is 12.9 Å². The van der Waals surface area contributed by atoms with Gasteiger partial charge in [0.15, 0.2) is 11.1 Å². The molecule has 1 rings (SSSR count). The van der Waals surface area contributed by atoms with Crippen molar-refractivity contribution < 1.29 is 26.7 Å². The summed E-state index contributed by atoms with van der Waals surface area (Å²) < 4.78 is 58.1. The molecule has 0 fully saturated rings. The van der Waals surface area contributed by atoms with E-state index in [0.29, 0.717) is 0 Å². The van der Waals surface area contributed by atoms with Gasteiger partial charge in [-0.1, -0.05) is 0 Å². The molecule has 0 aliphatic rings. The van der Waals surface area contributed by atoms with E-state index in [-0.39, 0.29) is 0 Å². The average molecular weight is 259 g/mol. The number of alkyl halides is 3. The SMILES string of the molecule is NS(=O)(=O)c1cn(CC(O)C(F)(F)F)cn1. The van der Waals surface area contributed by atoms with E-state index in [0.717, 1.165) is 17.1 Å². The molecule has 1 aromatic rings. The Morgan fingerprint density at radius 1 is 1.56 bits per heavy atom. The van der Waals surface area contributed by atoms with Crippen LogP contribution in [0.4, 0.5) is 13.2 Å². The van der Waals surface area contributed by atoms with Crippen LogP contribution in [-0.2, 0) is 16.6 Å². The predicted molar refractivity (Wildman–Crippen MR) is 45.7 cm³/mol. The summed E-state index contributed by atoms with van der Waals surface area (Å²) in [6.45, 7) is -0.841. The highest BCUT2D eigenvalue weighted by Crippen LogP contribution is 2.21. The lowest BCUT2D eigenvalue weighted by Gasteiger charge is -2.14. The quantitative estimate of drug-likeness (QED) is 0.761. The Kier molecular flexibility index (Phi) is 3.26. The van der Waals surface area contributed by atoms with E-state index in [1.54, 1.807) is 0 Å². The van der Waals surface area contributed by atoms with Gasteiger partial charge in [-0.2, -0.15) is 13.2 Å². The number of sulfonamides is 1. The topological polar surface area (TPSA) is 98.2 Å². The van der Waals surface area contributed by atoms with Gasteiger partial charge in [0, 0.05) is 6.20 Å². The zero-order valence-corrected chi connectivity index (χ0v) is 8.53. The third kappa shape index (κ3) is 3.18. The Labute approximate surface area is 88.6 Å². The van der Waals surface area contributed by atoms with Gasteiger partial charge in [-0.25, -0.2) is 18.5 Å². The van der Waals surface area contributed by atoms with E-state index in [1.165, 1.54) is 0 Å². The molecule has 0 aromatic carbocycles. The van der Waals surface area contributed by atoms with E-state index in [9.17, 15) is 21.6 Å². The second-order valence-electron chi connectivity index (χ2n) is 3.01. The first kappa shape index (κ1) is 12.9. The van der Waals surface area contributed by atoms with Gasteiger partial charge in [-0.05, 0) is 0 Å². The third-order valence-electron chi connectivity index (χ3n) is 1.66. The van der Waals surface area contributed by atoms with Crippen LogP contribution in [0.25, 0.3) is 0 Å². The van der Waals surface area contributed by atoms with Crippen molar-refractivity contribution in [1.29, 1.82) is 0 Å². The van der Waals surface area contributed by atoms with E-state index in [4.69, 9.17) is 10.2 Å². The van der Waals surface area contributed by atoms with Crippen molar-refractivity contribution in [3.8, 4) is 0 Å². The molecule has 1 aromatic heterocycles. The third-order valence-corrected chi connectivity index (χ3v) is 2.46. The van der Waals surface area contributed by atoms with Crippen molar-refractivity contribution >= 4 is 10.0 Å². The number of aromatic nitrogens is 2. The molecule has 16 heavy (non-hydrogen) atoms. The van der Waals surface area contributed by atoms with Crippen LogP contribution in [0.15, 0.2) is 17.6 Å². The zero-order chi connectivity index (χ0) is 12.6. The zero-order valence-electron chi connectivity index (χ0n) is 7.72. The predicted octanol–water partition coefficient (Wildman–Crippen LogP) is -0.546. The molecule has 0 saturated heterocycles. The maximum absolute atomic E-state index is 11.9.